The summed E-state index contributed by atoms with van der Waals surface area (Å²) in [6, 6.07) is 11.4. The lowest BCUT2D eigenvalue weighted by molar-refractivity contribution is -0.143. The van der Waals surface area contributed by atoms with Gasteiger partial charge in [0.1, 0.15) is 6.04 Å². The topological polar surface area (TPSA) is 113 Å². The molecule has 3 N–H and O–H groups in total. The normalized spacial score (nSPS) is 11.9. The molecule has 8 nitrogen and oxygen atoms in total. The second kappa shape index (κ2) is 8.77. The molecule has 0 saturated carbocycles. The number of rotatable bonds is 5. The lowest BCUT2D eigenvalue weighted by Gasteiger charge is -2.20. The largest absolute Gasteiger partial charge is 0.467 e. The number of urea groups is 1. The third kappa shape index (κ3) is 4.32. The highest BCUT2D eigenvalue weighted by Gasteiger charge is 2.25. The van der Waals surface area contributed by atoms with Gasteiger partial charge in [0.2, 0.25) is 0 Å². The average molecular weight is 408 g/mol. The molecule has 156 valence electrons. The summed E-state index contributed by atoms with van der Waals surface area (Å²) in [6.45, 7) is 5.50. The first-order valence-corrected chi connectivity index (χ1v) is 9.55. The van der Waals surface area contributed by atoms with Crippen molar-refractivity contribution >= 4 is 28.5 Å². The van der Waals surface area contributed by atoms with Crippen molar-refractivity contribution in [2.24, 2.45) is 5.92 Å². The number of aromatic nitrogens is 2. The van der Waals surface area contributed by atoms with Crippen LogP contribution < -0.4 is 16.2 Å². The van der Waals surface area contributed by atoms with Crippen molar-refractivity contribution in [3.8, 4) is 11.3 Å². The zero-order valence-electron chi connectivity index (χ0n) is 17.3. The maximum absolute atomic E-state index is 12.5. The number of aromatic amines is 1. The summed E-state index contributed by atoms with van der Waals surface area (Å²) in [7, 11) is 1.28. The number of amides is 2. The van der Waals surface area contributed by atoms with Gasteiger partial charge in [0.25, 0.3) is 5.56 Å². The fraction of sp³-hybridized carbons (Fsp3) is 0.273. The summed E-state index contributed by atoms with van der Waals surface area (Å²) in [5, 5.41) is 13.4. The minimum absolute atomic E-state index is 0.132. The summed E-state index contributed by atoms with van der Waals surface area (Å²) in [4.78, 5) is 36.5. The van der Waals surface area contributed by atoms with Gasteiger partial charge in [0.15, 0.2) is 0 Å². The molecule has 0 aliphatic heterocycles. The van der Waals surface area contributed by atoms with Crippen LogP contribution in [0.25, 0.3) is 22.0 Å². The fourth-order valence-corrected chi connectivity index (χ4v) is 3.16. The second-order valence-electron chi connectivity index (χ2n) is 7.32. The van der Waals surface area contributed by atoms with Gasteiger partial charge in [0.05, 0.1) is 18.2 Å². The van der Waals surface area contributed by atoms with Crippen LogP contribution >= 0.6 is 0 Å². The highest BCUT2D eigenvalue weighted by Crippen LogP contribution is 2.28. The first-order valence-electron chi connectivity index (χ1n) is 9.55. The molecular weight excluding hydrogens is 384 g/mol. The van der Waals surface area contributed by atoms with Crippen LogP contribution in [0, 0.1) is 12.8 Å². The molecule has 1 heterocycles. The number of carbonyl (C=O) groups excluding carboxylic acids is 2. The van der Waals surface area contributed by atoms with Crippen LogP contribution in [0.2, 0.25) is 0 Å². The molecule has 2 aromatic carbocycles. The van der Waals surface area contributed by atoms with Gasteiger partial charge in [-0.25, -0.2) is 14.7 Å². The fourth-order valence-electron chi connectivity index (χ4n) is 3.16. The highest BCUT2D eigenvalue weighted by molar-refractivity contribution is 5.96. The van der Waals surface area contributed by atoms with E-state index in [-0.39, 0.29) is 11.5 Å². The van der Waals surface area contributed by atoms with E-state index in [1.165, 1.54) is 7.11 Å². The molecule has 0 aliphatic rings. The van der Waals surface area contributed by atoms with E-state index in [0.29, 0.717) is 22.2 Å². The van der Waals surface area contributed by atoms with Crippen LogP contribution in [0.4, 0.5) is 10.5 Å². The quantitative estimate of drug-likeness (QED) is 0.561. The Bertz CT molecular complexity index is 1150. The number of hydrogen-bond acceptors (Lipinski definition) is 5. The van der Waals surface area contributed by atoms with E-state index in [9.17, 15) is 14.4 Å². The molecule has 3 aromatic rings. The van der Waals surface area contributed by atoms with Gasteiger partial charge in [0, 0.05) is 16.6 Å². The van der Waals surface area contributed by atoms with Gasteiger partial charge < -0.3 is 15.4 Å². The summed E-state index contributed by atoms with van der Waals surface area (Å²) >= 11 is 0. The van der Waals surface area contributed by atoms with E-state index in [4.69, 9.17) is 4.74 Å². The molecular formula is C22H24N4O4. The standard InChI is InChI=1S/C22H24N4O4/c1-12(2)18(21(28)30-4)24-22(29)23-17-11-14(10-9-13(17)3)19-15-7-5-6-8-16(15)20(27)26-25-19/h5-12,18H,1-4H3,(H,26,27)(H2,23,24,29)/t18-/m0/s1. The van der Waals surface area contributed by atoms with Crippen LogP contribution in [0.1, 0.15) is 19.4 Å². The van der Waals surface area contributed by atoms with Crippen LogP contribution in [-0.2, 0) is 9.53 Å². The number of benzene rings is 2. The van der Waals surface area contributed by atoms with Crippen molar-refractivity contribution in [2.75, 3.05) is 12.4 Å². The van der Waals surface area contributed by atoms with Gasteiger partial charge >= 0.3 is 12.0 Å². The SMILES string of the molecule is COC(=O)[C@@H](NC(=O)Nc1cc(-c2n[nH]c(=O)c3ccccc23)ccc1C)C(C)C. The van der Waals surface area contributed by atoms with E-state index in [1.807, 2.05) is 45.0 Å². The van der Waals surface area contributed by atoms with Gasteiger partial charge in [-0.1, -0.05) is 44.2 Å². The van der Waals surface area contributed by atoms with Gasteiger partial charge in [-0.3, -0.25) is 4.79 Å². The van der Waals surface area contributed by atoms with Crippen molar-refractivity contribution in [3.05, 3.63) is 58.4 Å². The number of aryl methyl sites for hydroxylation is 1. The van der Waals surface area contributed by atoms with Crippen molar-refractivity contribution < 1.29 is 14.3 Å². The van der Waals surface area contributed by atoms with Crippen molar-refractivity contribution in [3.63, 3.8) is 0 Å². The lowest BCUT2D eigenvalue weighted by atomic mass is 10.0. The third-order valence-electron chi connectivity index (χ3n) is 4.86. The van der Waals surface area contributed by atoms with E-state index < -0.39 is 18.0 Å². The molecule has 3 rings (SSSR count). The van der Waals surface area contributed by atoms with Crippen molar-refractivity contribution in [2.45, 2.75) is 26.8 Å². The lowest BCUT2D eigenvalue weighted by Crippen LogP contribution is -2.46. The van der Waals surface area contributed by atoms with E-state index >= 15 is 0 Å². The Morgan fingerprint density at radius 1 is 1.10 bits per heavy atom. The number of methoxy groups -OCH3 is 1. The molecule has 0 saturated heterocycles. The Kier molecular flexibility index (Phi) is 6.15. The number of nitrogens with zero attached hydrogens (tertiary/aromatic N) is 1. The predicted octanol–water partition coefficient (Wildman–Crippen LogP) is 3.22. The van der Waals surface area contributed by atoms with E-state index in [0.717, 1.165) is 11.1 Å². The minimum Gasteiger partial charge on any atom is -0.467 e. The molecule has 0 aliphatic carbocycles. The maximum Gasteiger partial charge on any atom is 0.328 e. The summed E-state index contributed by atoms with van der Waals surface area (Å²) in [5.74, 6) is -0.637. The van der Waals surface area contributed by atoms with Crippen LogP contribution in [0.15, 0.2) is 47.3 Å². The van der Waals surface area contributed by atoms with E-state index in [2.05, 4.69) is 20.8 Å². The summed E-state index contributed by atoms with van der Waals surface area (Å²) < 4.78 is 4.76. The number of ether oxygens (including phenoxy) is 1. The molecule has 2 amide bonds. The first kappa shape index (κ1) is 21.0. The molecule has 0 radical (unpaired) electrons. The maximum atomic E-state index is 12.5. The van der Waals surface area contributed by atoms with Crippen LogP contribution in [-0.4, -0.2) is 35.3 Å². The highest BCUT2D eigenvalue weighted by atomic mass is 16.5. The predicted molar refractivity (Wildman–Crippen MR) is 115 cm³/mol. The monoisotopic (exact) mass is 408 g/mol. The smallest absolute Gasteiger partial charge is 0.328 e. The number of nitrogens with one attached hydrogen (secondary N) is 3. The Balaban J connectivity index is 1.92. The molecule has 1 atom stereocenters. The number of carbonyl (C=O) groups is 2. The van der Waals surface area contributed by atoms with Crippen LogP contribution in [0.3, 0.4) is 0 Å². The summed E-state index contributed by atoms with van der Waals surface area (Å²) in [5.41, 5.74) is 2.47. The Labute approximate surface area is 173 Å². The van der Waals surface area contributed by atoms with Gasteiger partial charge in [-0.2, -0.15) is 5.10 Å². The molecule has 0 bridgehead atoms. The Hall–Kier alpha value is -3.68. The number of hydrogen-bond donors (Lipinski definition) is 3. The number of anilines is 1. The molecule has 1 aromatic heterocycles. The zero-order valence-corrected chi connectivity index (χ0v) is 17.3. The molecule has 0 fully saturated rings. The molecule has 0 unspecified atom stereocenters. The number of esters is 1. The average Bonchev–Trinajstić information content (AvgIpc) is 2.73. The Morgan fingerprint density at radius 2 is 1.80 bits per heavy atom. The zero-order chi connectivity index (χ0) is 21.8. The van der Waals surface area contributed by atoms with E-state index in [1.54, 1.807) is 18.2 Å². The second-order valence-corrected chi connectivity index (χ2v) is 7.32. The molecule has 8 heteroatoms. The third-order valence-corrected chi connectivity index (χ3v) is 4.86. The summed E-state index contributed by atoms with van der Waals surface area (Å²) in [6.07, 6.45) is 0. The molecule has 0 spiro atoms. The minimum atomic E-state index is -0.761. The van der Waals surface area contributed by atoms with Crippen molar-refractivity contribution in [1.29, 1.82) is 0 Å². The van der Waals surface area contributed by atoms with Gasteiger partial charge in [-0.05, 0) is 30.5 Å². The first-order chi connectivity index (χ1) is 14.3. The van der Waals surface area contributed by atoms with Crippen LogP contribution in [0.5, 0.6) is 0 Å². The number of fused-ring (bicyclic) bond motifs is 1. The Morgan fingerprint density at radius 3 is 2.47 bits per heavy atom. The van der Waals surface area contributed by atoms with Gasteiger partial charge in [-0.15, -0.1) is 0 Å². The molecule has 30 heavy (non-hydrogen) atoms. The van der Waals surface area contributed by atoms with Crippen molar-refractivity contribution in [1.82, 2.24) is 15.5 Å². The number of H-pyrrole nitrogens is 1.